The standard InChI is InChI=1S/C13H16N2O4/c1-9(13(18)19-2)15-11(16)8-14-12(17)10-6-4-3-5-7-10/h3-7,9H,8H2,1-2H3,(H,14,17)(H,15,16). The minimum absolute atomic E-state index is 0.199. The number of carbonyl (C=O) groups excluding carboxylic acids is 3. The van der Waals surface area contributed by atoms with Crippen molar-refractivity contribution in [3.05, 3.63) is 35.9 Å². The third-order valence-corrected chi connectivity index (χ3v) is 2.38. The highest BCUT2D eigenvalue weighted by Crippen LogP contribution is 1.97. The van der Waals surface area contributed by atoms with Gasteiger partial charge in [0, 0.05) is 5.56 Å². The summed E-state index contributed by atoms with van der Waals surface area (Å²) in [5.74, 6) is -1.34. The molecule has 0 aromatic heterocycles. The summed E-state index contributed by atoms with van der Waals surface area (Å²) in [6, 6.07) is 7.80. The first-order valence-corrected chi connectivity index (χ1v) is 5.75. The fourth-order valence-corrected chi connectivity index (χ4v) is 1.38. The summed E-state index contributed by atoms with van der Waals surface area (Å²) in [6.45, 7) is 1.30. The molecule has 6 nitrogen and oxygen atoms in total. The lowest BCUT2D eigenvalue weighted by Crippen LogP contribution is -2.44. The summed E-state index contributed by atoms with van der Waals surface area (Å²) in [6.07, 6.45) is 0. The summed E-state index contributed by atoms with van der Waals surface area (Å²) in [4.78, 5) is 34.2. The largest absolute Gasteiger partial charge is 0.467 e. The molecule has 0 aliphatic heterocycles. The van der Waals surface area contributed by atoms with Gasteiger partial charge in [0.15, 0.2) is 0 Å². The number of esters is 1. The SMILES string of the molecule is COC(=O)C(C)NC(=O)CNC(=O)c1ccccc1. The van der Waals surface area contributed by atoms with Crippen LogP contribution in [0.25, 0.3) is 0 Å². The Balaban J connectivity index is 2.39. The molecule has 2 amide bonds. The van der Waals surface area contributed by atoms with Crippen molar-refractivity contribution in [2.45, 2.75) is 13.0 Å². The van der Waals surface area contributed by atoms with Gasteiger partial charge in [-0.2, -0.15) is 0 Å². The third kappa shape index (κ3) is 4.79. The van der Waals surface area contributed by atoms with Gasteiger partial charge >= 0.3 is 5.97 Å². The maximum absolute atomic E-state index is 11.6. The topological polar surface area (TPSA) is 84.5 Å². The van der Waals surface area contributed by atoms with Crippen molar-refractivity contribution >= 4 is 17.8 Å². The van der Waals surface area contributed by atoms with E-state index < -0.39 is 17.9 Å². The van der Waals surface area contributed by atoms with Gasteiger partial charge < -0.3 is 15.4 Å². The number of methoxy groups -OCH3 is 1. The van der Waals surface area contributed by atoms with Gasteiger partial charge in [-0.3, -0.25) is 9.59 Å². The van der Waals surface area contributed by atoms with E-state index in [0.717, 1.165) is 0 Å². The zero-order valence-electron chi connectivity index (χ0n) is 10.8. The lowest BCUT2D eigenvalue weighted by atomic mass is 10.2. The molecule has 0 saturated carbocycles. The van der Waals surface area contributed by atoms with E-state index in [1.165, 1.54) is 14.0 Å². The molecule has 1 unspecified atom stereocenters. The number of hydrogen-bond acceptors (Lipinski definition) is 4. The second kappa shape index (κ2) is 7.15. The minimum atomic E-state index is -0.744. The molecule has 0 saturated heterocycles. The Bertz CT molecular complexity index is 459. The highest BCUT2D eigenvalue weighted by molar-refractivity contribution is 5.96. The van der Waals surface area contributed by atoms with Crippen LogP contribution in [-0.4, -0.2) is 37.5 Å². The second-order valence-electron chi connectivity index (χ2n) is 3.86. The monoisotopic (exact) mass is 264 g/mol. The number of amides is 2. The first-order chi connectivity index (χ1) is 9.04. The summed E-state index contributed by atoms with van der Waals surface area (Å²) in [5, 5.41) is 4.87. The van der Waals surface area contributed by atoms with Crippen molar-refractivity contribution in [3.63, 3.8) is 0 Å². The highest BCUT2D eigenvalue weighted by Gasteiger charge is 2.16. The Kier molecular flexibility index (Phi) is 5.53. The molecule has 2 N–H and O–H groups in total. The van der Waals surface area contributed by atoms with E-state index in [1.807, 2.05) is 0 Å². The summed E-state index contributed by atoms with van der Waals surface area (Å²) in [7, 11) is 1.24. The molecule has 0 spiro atoms. The van der Waals surface area contributed by atoms with E-state index >= 15 is 0 Å². The molecule has 0 aliphatic carbocycles. The molecule has 1 aromatic rings. The van der Waals surface area contributed by atoms with E-state index in [2.05, 4.69) is 15.4 Å². The molecular weight excluding hydrogens is 248 g/mol. The first kappa shape index (κ1) is 14.7. The van der Waals surface area contributed by atoms with Crippen molar-refractivity contribution in [3.8, 4) is 0 Å². The van der Waals surface area contributed by atoms with Crippen molar-refractivity contribution < 1.29 is 19.1 Å². The van der Waals surface area contributed by atoms with Gasteiger partial charge in [0.05, 0.1) is 13.7 Å². The van der Waals surface area contributed by atoms with Crippen LogP contribution in [0, 0.1) is 0 Å². The molecule has 19 heavy (non-hydrogen) atoms. The van der Waals surface area contributed by atoms with E-state index in [9.17, 15) is 14.4 Å². The van der Waals surface area contributed by atoms with Crippen LogP contribution in [0.1, 0.15) is 17.3 Å². The van der Waals surface area contributed by atoms with Gasteiger partial charge in [-0.1, -0.05) is 18.2 Å². The Labute approximate surface area is 111 Å². The average molecular weight is 264 g/mol. The van der Waals surface area contributed by atoms with Crippen molar-refractivity contribution in [2.24, 2.45) is 0 Å². The van der Waals surface area contributed by atoms with Crippen LogP contribution in [0.4, 0.5) is 0 Å². The minimum Gasteiger partial charge on any atom is -0.467 e. The average Bonchev–Trinajstić information content (AvgIpc) is 2.44. The van der Waals surface area contributed by atoms with Gasteiger partial charge in [0.25, 0.3) is 5.91 Å². The molecule has 102 valence electrons. The van der Waals surface area contributed by atoms with E-state index in [-0.39, 0.29) is 12.5 Å². The van der Waals surface area contributed by atoms with Crippen molar-refractivity contribution in [1.82, 2.24) is 10.6 Å². The fourth-order valence-electron chi connectivity index (χ4n) is 1.38. The number of ether oxygens (including phenoxy) is 1. The molecular formula is C13H16N2O4. The van der Waals surface area contributed by atoms with Crippen LogP contribution in [0.15, 0.2) is 30.3 Å². The number of hydrogen-bond donors (Lipinski definition) is 2. The fraction of sp³-hybridized carbons (Fsp3) is 0.308. The van der Waals surface area contributed by atoms with Gasteiger partial charge in [0.1, 0.15) is 6.04 Å². The lowest BCUT2D eigenvalue weighted by Gasteiger charge is -2.11. The van der Waals surface area contributed by atoms with Crippen LogP contribution in [-0.2, 0) is 14.3 Å². The van der Waals surface area contributed by atoms with Gasteiger partial charge in [-0.25, -0.2) is 4.79 Å². The second-order valence-corrected chi connectivity index (χ2v) is 3.86. The normalized spacial score (nSPS) is 11.3. The molecule has 1 atom stereocenters. The number of benzene rings is 1. The molecule has 1 rings (SSSR count). The smallest absolute Gasteiger partial charge is 0.328 e. The molecule has 0 aliphatic rings. The van der Waals surface area contributed by atoms with Crippen LogP contribution < -0.4 is 10.6 Å². The third-order valence-electron chi connectivity index (χ3n) is 2.38. The number of rotatable bonds is 5. The zero-order valence-corrected chi connectivity index (χ0v) is 10.8. The van der Waals surface area contributed by atoms with Gasteiger partial charge in [-0.15, -0.1) is 0 Å². The Hall–Kier alpha value is -2.37. The molecule has 0 heterocycles. The zero-order chi connectivity index (χ0) is 14.3. The van der Waals surface area contributed by atoms with Crippen molar-refractivity contribution in [1.29, 1.82) is 0 Å². The molecule has 6 heteroatoms. The predicted octanol–water partition coefficient (Wildman–Crippen LogP) is 0.0941. The summed E-state index contributed by atoms with van der Waals surface area (Å²) in [5.41, 5.74) is 0.469. The summed E-state index contributed by atoms with van der Waals surface area (Å²) >= 11 is 0. The van der Waals surface area contributed by atoms with Crippen LogP contribution in [0.2, 0.25) is 0 Å². The molecule has 1 aromatic carbocycles. The quantitative estimate of drug-likeness (QED) is 0.738. The maximum Gasteiger partial charge on any atom is 0.328 e. The maximum atomic E-state index is 11.6. The van der Waals surface area contributed by atoms with Crippen molar-refractivity contribution in [2.75, 3.05) is 13.7 Å². The Morgan fingerprint density at radius 2 is 1.84 bits per heavy atom. The Morgan fingerprint density at radius 3 is 2.42 bits per heavy atom. The van der Waals surface area contributed by atoms with Gasteiger partial charge in [0.2, 0.25) is 5.91 Å². The summed E-state index contributed by atoms with van der Waals surface area (Å²) < 4.78 is 4.47. The van der Waals surface area contributed by atoms with E-state index in [4.69, 9.17) is 0 Å². The number of nitrogens with one attached hydrogen (secondary N) is 2. The van der Waals surface area contributed by atoms with Crippen LogP contribution in [0.3, 0.4) is 0 Å². The van der Waals surface area contributed by atoms with E-state index in [0.29, 0.717) is 5.56 Å². The highest BCUT2D eigenvalue weighted by atomic mass is 16.5. The molecule has 0 fully saturated rings. The van der Waals surface area contributed by atoms with E-state index in [1.54, 1.807) is 30.3 Å². The predicted molar refractivity (Wildman–Crippen MR) is 68.4 cm³/mol. The Morgan fingerprint density at radius 1 is 1.21 bits per heavy atom. The molecule has 0 bridgehead atoms. The van der Waals surface area contributed by atoms with Crippen LogP contribution in [0.5, 0.6) is 0 Å². The number of carbonyl (C=O) groups is 3. The van der Waals surface area contributed by atoms with Crippen LogP contribution >= 0.6 is 0 Å². The lowest BCUT2D eigenvalue weighted by molar-refractivity contribution is -0.144. The van der Waals surface area contributed by atoms with Gasteiger partial charge in [-0.05, 0) is 19.1 Å². The molecule has 0 radical (unpaired) electrons. The first-order valence-electron chi connectivity index (χ1n) is 5.75.